The van der Waals surface area contributed by atoms with Gasteiger partial charge in [-0.25, -0.2) is 4.79 Å². The Labute approximate surface area is 116 Å². The Morgan fingerprint density at radius 1 is 1.00 bits per heavy atom. The molecule has 0 rings (SSSR count). The van der Waals surface area contributed by atoms with Gasteiger partial charge in [-0.05, 0) is 25.7 Å². The van der Waals surface area contributed by atoms with Crippen molar-refractivity contribution in [1.82, 2.24) is 10.2 Å². The van der Waals surface area contributed by atoms with Gasteiger partial charge in [0, 0.05) is 19.1 Å². The van der Waals surface area contributed by atoms with Crippen molar-refractivity contribution in [2.45, 2.75) is 47.6 Å². The number of nitrogens with one attached hydrogen (secondary N) is 1. The Morgan fingerprint density at radius 3 is 1.74 bits per heavy atom. The summed E-state index contributed by atoms with van der Waals surface area (Å²) in [7, 11) is 0. The highest BCUT2D eigenvalue weighted by molar-refractivity contribution is 5.76. The predicted octanol–water partition coefficient (Wildman–Crippen LogP) is 2.42. The molecule has 2 amide bonds. The standard InChI is InChI=1S/C14H28N2O3/c1-9(2)7-16(8-10(3)4)14(19)15-12(6)11(5)13(17)18/h9-12H,7-8H2,1-6H3,(H,15,19)(H,17,18). The fourth-order valence-corrected chi connectivity index (χ4v) is 1.75. The van der Waals surface area contributed by atoms with Gasteiger partial charge in [-0.3, -0.25) is 4.79 Å². The van der Waals surface area contributed by atoms with E-state index in [0.717, 1.165) is 0 Å². The maximum Gasteiger partial charge on any atom is 0.317 e. The summed E-state index contributed by atoms with van der Waals surface area (Å²) in [5.74, 6) is -0.718. The molecule has 0 aromatic carbocycles. The second kappa shape index (κ2) is 8.02. The summed E-state index contributed by atoms with van der Waals surface area (Å²) in [5.41, 5.74) is 0. The zero-order valence-electron chi connectivity index (χ0n) is 12.9. The SMILES string of the molecule is CC(C)CN(CC(C)C)C(=O)NC(C)C(C)C(=O)O. The van der Waals surface area contributed by atoms with Crippen LogP contribution < -0.4 is 5.32 Å². The summed E-state index contributed by atoms with van der Waals surface area (Å²) in [6.07, 6.45) is 0. The van der Waals surface area contributed by atoms with E-state index in [4.69, 9.17) is 5.11 Å². The van der Waals surface area contributed by atoms with Crippen molar-refractivity contribution in [1.29, 1.82) is 0 Å². The van der Waals surface area contributed by atoms with Gasteiger partial charge in [0.25, 0.3) is 0 Å². The van der Waals surface area contributed by atoms with E-state index in [0.29, 0.717) is 24.9 Å². The van der Waals surface area contributed by atoms with Crippen molar-refractivity contribution in [3.63, 3.8) is 0 Å². The third kappa shape index (κ3) is 7.03. The minimum atomic E-state index is -0.896. The molecule has 0 bridgehead atoms. The fourth-order valence-electron chi connectivity index (χ4n) is 1.75. The lowest BCUT2D eigenvalue weighted by molar-refractivity contribution is -0.141. The molecule has 5 heteroatoms. The van der Waals surface area contributed by atoms with E-state index in [9.17, 15) is 9.59 Å². The minimum Gasteiger partial charge on any atom is -0.481 e. The smallest absolute Gasteiger partial charge is 0.317 e. The van der Waals surface area contributed by atoms with E-state index in [2.05, 4.69) is 33.0 Å². The lowest BCUT2D eigenvalue weighted by Gasteiger charge is -2.29. The van der Waals surface area contributed by atoms with E-state index in [1.54, 1.807) is 18.7 Å². The predicted molar refractivity (Wildman–Crippen MR) is 76.0 cm³/mol. The van der Waals surface area contributed by atoms with Crippen LogP contribution in [0.1, 0.15) is 41.5 Å². The van der Waals surface area contributed by atoms with E-state index in [-0.39, 0.29) is 12.1 Å². The van der Waals surface area contributed by atoms with E-state index < -0.39 is 11.9 Å². The number of carbonyl (C=O) groups excluding carboxylic acids is 1. The maximum atomic E-state index is 12.2. The summed E-state index contributed by atoms with van der Waals surface area (Å²) in [6.45, 7) is 12.9. The zero-order chi connectivity index (χ0) is 15.2. The Morgan fingerprint density at radius 2 is 1.42 bits per heavy atom. The Hall–Kier alpha value is -1.26. The molecule has 0 aliphatic carbocycles. The number of aliphatic carboxylic acids is 1. The first kappa shape index (κ1) is 17.7. The van der Waals surface area contributed by atoms with Crippen molar-refractivity contribution >= 4 is 12.0 Å². The molecule has 5 nitrogen and oxygen atoms in total. The molecule has 2 atom stereocenters. The first-order chi connectivity index (χ1) is 8.65. The molecule has 0 radical (unpaired) electrons. The molecule has 2 N–H and O–H groups in total. The van der Waals surface area contributed by atoms with Gasteiger partial charge in [0.1, 0.15) is 0 Å². The third-order valence-electron chi connectivity index (χ3n) is 2.95. The van der Waals surface area contributed by atoms with Crippen molar-refractivity contribution in [3.05, 3.63) is 0 Å². The molecular weight excluding hydrogens is 244 g/mol. The van der Waals surface area contributed by atoms with Gasteiger partial charge in [-0.2, -0.15) is 0 Å². The highest BCUT2D eigenvalue weighted by Crippen LogP contribution is 2.07. The molecule has 0 spiro atoms. The average molecular weight is 272 g/mol. The van der Waals surface area contributed by atoms with Gasteiger partial charge in [-0.1, -0.05) is 27.7 Å². The summed E-state index contributed by atoms with van der Waals surface area (Å²) in [5, 5.41) is 11.7. The van der Waals surface area contributed by atoms with E-state index >= 15 is 0 Å². The molecule has 0 aliphatic heterocycles. The summed E-state index contributed by atoms with van der Waals surface area (Å²) >= 11 is 0. The molecule has 0 fully saturated rings. The van der Waals surface area contributed by atoms with Gasteiger partial charge in [0.15, 0.2) is 0 Å². The molecule has 19 heavy (non-hydrogen) atoms. The van der Waals surface area contributed by atoms with E-state index in [1.807, 2.05) is 0 Å². The average Bonchev–Trinajstić information content (AvgIpc) is 2.25. The van der Waals surface area contributed by atoms with Crippen LogP contribution in [0.2, 0.25) is 0 Å². The number of carboxylic acids is 1. The number of hydrogen-bond donors (Lipinski definition) is 2. The van der Waals surface area contributed by atoms with Crippen molar-refractivity contribution in [2.24, 2.45) is 17.8 Å². The summed E-state index contributed by atoms with van der Waals surface area (Å²) < 4.78 is 0. The van der Waals surface area contributed by atoms with Gasteiger partial charge in [0.05, 0.1) is 5.92 Å². The maximum absolute atomic E-state index is 12.2. The number of nitrogens with zero attached hydrogens (tertiary/aromatic N) is 1. The van der Waals surface area contributed by atoms with Crippen LogP contribution in [0.5, 0.6) is 0 Å². The van der Waals surface area contributed by atoms with Gasteiger partial charge >= 0.3 is 12.0 Å². The first-order valence-corrected chi connectivity index (χ1v) is 6.93. The van der Waals surface area contributed by atoms with Crippen LogP contribution in [0, 0.1) is 17.8 Å². The highest BCUT2D eigenvalue weighted by atomic mass is 16.4. The number of amides is 2. The van der Waals surface area contributed by atoms with Crippen LogP contribution in [0.3, 0.4) is 0 Å². The van der Waals surface area contributed by atoms with Crippen LogP contribution in [0.15, 0.2) is 0 Å². The zero-order valence-corrected chi connectivity index (χ0v) is 12.9. The Kier molecular flexibility index (Phi) is 7.49. The second-order valence-electron chi connectivity index (χ2n) is 6.06. The first-order valence-electron chi connectivity index (χ1n) is 6.93. The molecule has 0 saturated carbocycles. The molecule has 0 saturated heterocycles. The normalized spacial score (nSPS) is 14.3. The van der Waals surface area contributed by atoms with Crippen LogP contribution in [0.25, 0.3) is 0 Å². The Bertz CT molecular complexity index is 293. The molecular formula is C14H28N2O3. The molecule has 0 aliphatic rings. The topological polar surface area (TPSA) is 69.6 Å². The summed E-state index contributed by atoms with van der Waals surface area (Å²) in [4.78, 5) is 24.8. The lowest BCUT2D eigenvalue weighted by Crippen LogP contribution is -2.49. The number of hydrogen-bond acceptors (Lipinski definition) is 2. The molecule has 0 aromatic heterocycles. The van der Waals surface area contributed by atoms with Crippen LogP contribution in [-0.2, 0) is 4.79 Å². The van der Waals surface area contributed by atoms with Gasteiger partial charge in [0.2, 0.25) is 0 Å². The number of urea groups is 1. The van der Waals surface area contributed by atoms with Gasteiger partial charge in [-0.15, -0.1) is 0 Å². The highest BCUT2D eigenvalue weighted by Gasteiger charge is 2.24. The number of carbonyl (C=O) groups is 2. The van der Waals surface area contributed by atoms with Crippen LogP contribution in [0.4, 0.5) is 4.79 Å². The Balaban J connectivity index is 4.58. The minimum absolute atomic E-state index is 0.178. The van der Waals surface area contributed by atoms with E-state index in [1.165, 1.54) is 0 Å². The largest absolute Gasteiger partial charge is 0.481 e. The van der Waals surface area contributed by atoms with Crippen molar-refractivity contribution in [3.8, 4) is 0 Å². The molecule has 112 valence electrons. The van der Waals surface area contributed by atoms with Gasteiger partial charge < -0.3 is 15.3 Å². The summed E-state index contributed by atoms with van der Waals surface area (Å²) in [6, 6.07) is -0.560. The monoisotopic (exact) mass is 272 g/mol. The van der Waals surface area contributed by atoms with Crippen LogP contribution >= 0.6 is 0 Å². The quantitative estimate of drug-likeness (QED) is 0.747. The van der Waals surface area contributed by atoms with Crippen LogP contribution in [-0.4, -0.2) is 41.1 Å². The lowest BCUT2D eigenvalue weighted by atomic mass is 10.0. The number of carboxylic acid groups (broad SMARTS) is 1. The van der Waals surface area contributed by atoms with Crippen molar-refractivity contribution < 1.29 is 14.7 Å². The van der Waals surface area contributed by atoms with Crippen molar-refractivity contribution in [2.75, 3.05) is 13.1 Å². The number of rotatable bonds is 7. The molecule has 0 aromatic rings. The molecule has 0 heterocycles. The second-order valence-corrected chi connectivity index (χ2v) is 6.06. The molecule has 2 unspecified atom stereocenters. The fraction of sp³-hybridized carbons (Fsp3) is 0.857. The third-order valence-corrected chi connectivity index (χ3v) is 2.95.